The van der Waals surface area contributed by atoms with Gasteiger partial charge in [-0.15, -0.1) is 0 Å². The van der Waals surface area contributed by atoms with Crippen molar-refractivity contribution in [3.63, 3.8) is 0 Å². The highest BCUT2D eigenvalue weighted by Crippen LogP contribution is 2.28. The van der Waals surface area contributed by atoms with Crippen molar-refractivity contribution in [3.8, 4) is 0 Å². The van der Waals surface area contributed by atoms with E-state index >= 15 is 0 Å². The summed E-state index contributed by atoms with van der Waals surface area (Å²) < 4.78 is 8.79. The summed E-state index contributed by atoms with van der Waals surface area (Å²) in [6, 6.07) is -0.00322. The van der Waals surface area contributed by atoms with E-state index in [2.05, 4.69) is 28.0 Å². The van der Waals surface area contributed by atoms with Crippen LogP contribution in [0.25, 0.3) is 0 Å². The second kappa shape index (κ2) is 6.68. The van der Waals surface area contributed by atoms with Gasteiger partial charge in [0.05, 0.1) is 28.5 Å². The van der Waals surface area contributed by atoms with Gasteiger partial charge in [0.2, 0.25) is 0 Å². The summed E-state index contributed by atoms with van der Waals surface area (Å²) in [5, 5.41) is 4.37. The maximum atomic E-state index is 6.33. The molecule has 2 N–H and O–H groups in total. The first-order chi connectivity index (χ1) is 8.72. The molecule has 5 heteroatoms. The summed E-state index contributed by atoms with van der Waals surface area (Å²) in [6.07, 6.45) is 7.67. The number of hydrogen-bond acceptors (Lipinski definition) is 3. The molecule has 0 radical (unpaired) electrons. The van der Waals surface area contributed by atoms with Crippen LogP contribution in [-0.4, -0.2) is 22.5 Å². The van der Waals surface area contributed by atoms with E-state index in [1.165, 1.54) is 12.8 Å². The molecule has 0 aliphatic carbocycles. The molecule has 1 aliphatic rings. The van der Waals surface area contributed by atoms with Crippen LogP contribution in [0, 0.1) is 0 Å². The molecule has 18 heavy (non-hydrogen) atoms. The number of ether oxygens (including phenoxy) is 1. The van der Waals surface area contributed by atoms with Gasteiger partial charge in [0.15, 0.2) is 0 Å². The standard InChI is InChI=1S/C13H22BrN3O/c1-2-6-17-13(11(14)9-16-17)12(15)8-10-5-3-4-7-18-10/h9-10,12H,2-8,15H2,1H3. The maximum Gasteiger partial charge on any atom is 0.0694 e. The zero-order valence-corrected chi connectivity index (χ0v) is 12.5. The maximum absolute atomic E-state index is 6.33. The molecule has 4 nitrogen and oxygen atoms in total. The van der Waals surface area contributed by atoms with Crippen molar-refractivity contribution < 1.29 is 4.74 Å². The molecule has 1 aliphatic heterocycles. The zero-order valence-electron chi connectivity index (χ0n) is 10.9. The molecule has 0 aromatic carbocycles. The Morgan fingerprint density at radius 2 is 2.44 bits per heavy atom. The molecule has 1 saturated heterocycles. The second-order valence-corrected chi connectivity index (χ2v) is 5.79. The van der Waals surface area contributed by atoms with Gasteiger partial charge in [0.1, 0.15) is 0 Å². The minimum Gasteiger partial charge on any atom is -0.378 e. The van der Waals surface area contributed by atoms with Crippen molar-refractivity contribution in [2.24, 2.45) is 5.73 Å². The summed E-state index contributed by atoms with van der Waals surface area (Å²) in [5.41, 5.74) is 7.43. The average molecular weight is 316 g/mol. The Bertz CT molecular complexity index is 374. The van der Waals surface area contributed by atoms with Crippen molar-refractivity contribution in [2.45, 2.75) is 57.7 Å². The van der Waals surface area contributed by atoms with Crippen molar-refractivity contribution in [3.05, 3.63) is 16.4 Å². The first kappa shape index (κ1) is 14.0. The number of nitrogens with two attached hydrogens (primary N) is 1. The van der Waals surface area contributed by atoms with Gasteiger partial charge in [0.25, 0.3) is 0 Å². The smallest absolute Gasteiger partial charge is 0.0694 e. The van der Waals surface area contributed by atoms with Crippen molar-refractivity contribution in [1.29, 1.82) is 0 Å². The third kappa shape index (κ3) is 3.33. The van der Waals surface area contributed by atoms with Gasteiger partial charge in [0, 0.05) is 13.2 Å². The van der Waals surface area contributed by atoms with Crippen molar-refractivity contribution >= 4 is 15.9 Å². The van der Waals surface area contributed by atoms with Crippen LogP contribution in [0.4, 0.5) is 0 Å². The highest BCUT2D eigenvalue weighted by atomic mass is 79.9. The Morgan fingerprint density at radius 1 is 1.61 bits per heavy atom. The van der Waals surface area contributed by atoms with Gasteiger partial charge in [-0.1, -0.05) is 6.92 Å². The molecule has 0 saturated carbocycles. The minimum absolute atomic E-state index is 0.00322. The number of hydrogen-bond donors (Lipinski definition) is 1. The lowest BCUT2D eigenvalue weighted by Crippen LogP contribution is -2.26. The van der Waals surface area contributed by atoms with E-state index in [0.717, 1.165) is 42.6 Å². The molecule has 1 fully saturated rings. The summed E-state index contributed by atoms with van der Waals surface area (Å²) in [5.74, 6) is 0. The normalized spacial score (nSPS) is 22.1. The Hall–Kier alpha value is -0.390. The highest BCUT2D eigenvalue weighted by Gasteiger charge is 2.22. The van der Waals surface area contributed by atoms with Crippen LogP contribution in [-0.2, 0) is 11.3 Å². The molecular weight excluding hydrogens is 294 g/mol. The van der Waals surface area contributed by atoms with Crippen LogP contribution in [0.1, 0.15) is 50.8 Å². The molecule has 1 aromatic rings. The van der Waals surface area contributed by atoms with Gasteiger partial charge in [-0.2, -0.15) is 5.10 Å². The van der Waals surface area contributed by atoms with Gasteiger partial charge >= 0.3 is 0 Å². The molecule has 2 heterocycles. The second-order valence-electron chi connectivity index (χ2n) is 4.93. The molecule has 2 atom stereocenters. The molecular formula is C13H22BrN3O. The number of aryl methyl sites for hydroxylation is 1. The van der Waals surface area contributed by atoms with E-state index in [1.807, 2.05) is 10.9 Å². The van der Waals surface area contributed by atoms with Gasteiger partial charge in [-0.25, -0.2) is 0 Å². The Balaban J connectivity index is 2.02. The number of halogens is 1. The van der Waals surface area contributed by atoms with Crippen LogP contribution in [0.15, 0.2) is 10.7 Å². The lowest BCUT2D eigenvalue weighted by atomic mass is 10.0. The highest BCUT2D eigenvalue weighted by molar-refractivity contribution is 9.10. The first-order valence-corrected chi connectivity index (χ1v) is 7.60. The monoisotopic (exact) mass is 315 g/mol. The van der Waals surface area contributed by atoms with Gasteiger partial charge < -0.3 is 10.5 Å². The molecule has 2 rings (SSSR count). The fourth-order valence-corrected chi connectivity index (χ4v) is 3.11. The summed E-state index contributed by atoms with van der Waals surface area (Å²) in [6.45, 7) is 3.95. The van der Waals surface area contributed by atoms with Crippen LogP contribution in [0.5, 0.6) is 0 Å². The van der Waals surface area contributed by atoms with E-state index < -0.39 is 0 Å². The molecule has 0 bridgehead atoms. The SMILES string of the molecule is CCCn1ncc(Br)c1C(N)CC1CCCCO1. The van der Waals surface area contributed by atoms with Crippen LogP contribution in [0.3, 0.4) is 0 Å². The topological polar surface area (TPSA) is 53.1 Å². The average Bonchev–Trinajstić information content (AvgIpc) is 2.72. The zero-order chi connectivity index (χ0) is 13.0. The predicted octanol–water partition coefficient (Wildman–Crippen LogP) is 3.01. The van der Waals surface area contributed by atoms with Crippen LogP contribution >= 0.6 is 15.9 Å². The minimum atomic E-state index is -0.00322. The number of aromatic nitrogens is 2. The van der Waals surface area contributed by atoms with E-state index in [1.54, 1.807) is 0 Å². The lowest BCUT2D eigenvalue weighted by molar-refractivity contribution is 0.00682. The van der Waals surface area contributed by atoms with Crippen molar-refractivity contribution in [2.75, 3.05) is 6.61 Å². The fraction of sp³-hybridized carbons (Fsp3) is 0.769. The third-order valence-corrected chi connectivity index (χ3v) is 4.02. The van der Waals surface area contributed by atoms with E-state index in [4.69, 9.17) is 10.5 Å². The van der Waals surface area contributed by atoms with Gasteiger partial charge in [-0.3, -0.25) is 4.68 Å². The van der Waals surface area contributed by atoms with Crippen LogP contribution < -0.4 is 5.73 Å². The molecule has 102 valence electrons. The molecule has 0 spiro atoms. The Morgan fingerprint density at radius 3 is 3.11 bits per heavy atom. The van der Waals surface area contributed by atoms with Gasteiger partial charge in [-0.05, 0) is 48.0 Å². The largest absolute Gasteiger partial charge is 0.378 e. The van der Waals surface area contributed by atoms with Crippen LogP contribution in [0.2, 0.25) is 0 Å². The Kier molecular flexibility index (Phi) is 5.21. The van der Waals surface area contributed by atoms with E-state index in [0.29, 0.717) is 6.10 Å². The predicted molar refractivity (Wildman–Crippen MR) is 75.4 cm³/mol. The summed E-state index contributed by atoms with van der Waals surface area (Å²) >= 11 is 3.55. The number of nitrogens with zero attached hydrogens (tertiary/aromatic N) is 2. The number of rotatable bonds is 5. The quantitative estimate of drug-likeness (QED) is 0.908. The summed E-state index contributed by atoms with van der Waals surface area (Å²) in [7, 11) is 0. The first-order valence-electron chi connectivity index (χ1n) is 6.80. The van der Waals surface area contributed by atoms with E-state index in [9.17, 15) is 0 Å². The fourth-order valence-electron chi connectivity index (χ4n) is 2.52. The summed E-state index contributed by atoms with van der Waals surface area (Å²) in [4.78, 5) is 0. The van der Waals surface area contributed by atoms with E-state index in [-0.39, 0.29) is 6.04 Å². The Labute approximate surface area is 117 Å². The third-order valence-electron chi connectivity index (χ3n) is 3.41. The van der Waals surface area contributed by atoms with Crippen molar-refractivity contribution in [1.82, 2.24) is 9.78 Å². The molecule has 0 amide bonds. The lowest BCUT2D eigenvalue weighted by Gasteiger charge is -2.25. The molecule has 1 aromatic heterocycles. The molecule has 2 unspecified atom stereocenters.